The maximum absolute atomic E-state index is 14.7. The number of carboxylic acid groups (broad SMARTS) is 2. The fraction of sp³-hybridized carbons (Fsp3) is 0.394. The van der Waals surface area contributed by atoms with Gasteiger partial charge in [-0.2, -0.15) is 10.3 Å². The van der Waals surface area contributed by atoms with Gasteiger partial charge in [0.05, 0.1) is 11.6 Å². The Morgan fingerprint density at radius 3 is 1.78 bits per heavy atom. The van der Waals surface area contributed by atoms with Crippen LogP contribution in [-0.2, 0) is 5.54 Å². The number of H-pyrrole nitrogens is 2. The molecule has 6 rings (SSSR count). The highest BCUT2D eigenvalue weighted by Gasteiger charge is 2.46. The van der Waals surface area contributed by atoms with Gasteiger partial charge in [0.25, 0.3) is 11.1 Å². The molecule has 4 aromatic rings. The first-order chi connectivity index (χ1) is 25.6. The number of ether oxygens (including phenoxy) is 2. The third-order valence-electron chi connectivity index (χ3n) is 9.23. The molecule has 4 heterocycles. The standard InChI is InChI=1S/C17H16F4N2O5.C16H14F4N2O5/c1-16(11-3-2-10(6-12(11)18)27-17(19,20)21)8-9(4-5-23(16)15(25)26)13-7-14(24)22-28-13;17-11-6-9(26-16(18,19)20)1-2-10(11)12-5-8(3-4-22(12)15(24)25)13-7-14(23)21-27-13/h2-3,6-7,9H,4-5,8H2,1H3,(H,22,24)(H,25,26);1-2,6-8,12H,3-5H2,(H,21,23)(H,24,25)/t9-,16+;/m1./s1. The summed E-state index contributed by atoms with van der Waals surface area (Å²) in [6.45, 7) is 1.53. The highest BCUT2D eigenvalue weighted by molar-refractivity contribution is 5.67. The molecule has 4 N–H and O–H groups in total. The highest BCUT2D eigenvalue weighted by atomic mass is 19.4. The number of nitrogens with zero attached hydrogens (tertiary/aromatic N) is 2. The Balaban J connectivity index is 0.000000211. The van der Waals surface area contributed by atoms with E-state index < -0.39 is 70.7 Å². The molecule has 2 aromatic heterocycles. The van der Waals surface area contributed by atoms with Gasteiger partial charge in [-0.1, -0.05) is 12.1 Å². The van der Waals surface area contributed by atoms with Gasteiger partial charge in [0.2, 0.25) is 0 Å². The van der Waals surface area contributed by atoms with Crippen molar-refractivity contribution in [1.29, 1.82) is 0 Å². The fourth-order valence-electron chi connectivity index (χ4n) is 6.88. The zero-order valence-electron chi connectivity index (χ0n) is 28.2. The lowest BCUT2D eigenvalue weighted by molar-refractivity contribution is -0.275. The van der Waals surface area contributed by atoms with Gasteiger partial charge in [-0.3, -0.25) is 14.5 Å². The summed E-state index contributed by atoms with van der Waals surface area (Å²) >= 11 is 0. The number of rotatable bonds is 6. The third kappa shape index (κ3) is 9.59. The summed E-state index contributed by atoms with van der Waals surface area (Å²) < 4.78 is 120. The van der Waals surface area contributed by atoms with E-state index in [1.165, 1.54) is 19.1 Å². The van der Waals surface area contributed by atoms with Crippen LogP contribution in [-0.4, -0.2) is 68.3 Å². The number of nitrogens with one attached hydrogen (secondary N) is 2. The van der Waals surface area contributed by atoms with E-state index in [4.69, 9.17) is 9.05 Å². The predicted octanol–water partition coefficient (Wildman–Crippen LogP) is 7.38. The fourth-order valence-corrected chi connectivity index (χ4v) is 6.88. The minimum atomic E-state index is -4.98. The average molecular weight is 795 g/mol. The molecule has 0 aliphatic carbocycles. The lowest BCUT2D eigenvalue weighted by Crippen LogP contribution is -2.52. The quantitative estimate of drug-likeness (QED) is 0.143. The van der Waals surface area contributed by atoms with E-state index in [2.05, 4.69) is 19.8 Å². The number of hydrogen-bond donors (Lipinski definition) is 4. The summed E-state index contributed by atoms with van der Waals surface area (Å²) in [4.78, 5) is 47.8. The van der Waals surface area contributed by atoms with Crippen LogP contribution in [0.3, 0.4) is 0 Å². The molecule has 0 spiro atoms. The Kier molecular flexibility index (Phi) is 11.3. The van der Waals surface area contributed by atoms with Gasteiger partial charge in [-0.15, -0.1) is 26.3 Å². The second kappa shape index (κ2) is 15.4. The van der Waals surface area contributed by atoms with Crippen LogP contribution in [0.2, 0.25) is 0 Å². The molecule has 55 heavy (non-hydrogen) atoms. The third-order valence-corrected chi connectivity index (χ3v) is 9.23. The average Bonchev–Trinajstić information content (AvgIpc) is 3.71. The lowest BCUT2D eigenvalue weighted by Gasteiger charge is -2.46. The molecule has 2 saturated heterocycles. The van der Waals surface area contributed by atoms with E-state index in [1.807, 2.05) is 0 Å². The Labute approximate surface area is 302 Å². The summed E-state index contributed by atoms with van der Waals surface area (Å²) in [6, 6.07) is 6.61. The number of carbonyl (C=O) groups is 2. The molecular formula is C33H30F8N4O10. The molecule has 14 nitrogen and oxygen atoms in total. The lowest BCUT2D eigenvalue weighted by atomic mass is 9.76. The molecule has 0 bridgehead atoms. The van der Waals surface area contributed by atoms with E-state index in [9.17, 15) is 64.5 Å². The molecular weight excluding hydrogens is 764 g/mol. The van der Waals surface area contributed by atoms with E-state index in [1.54, 1.807) is 0 Å². The number of aromatic nitrogens is 2. The maximum atomic E-state index is 14.7. The van der Waals surface area contributed by atoms with Crippen molar-refractivity contribution in [2.75, 3.05) is 13.1 Å². The van der Waals surface area contributed by atoms with Crippen molar-refractivity contribution >= 4 is 12.2 Å². The minimum Gasteiger partial charge on any atom is -0.465 e. The molecule has 2 aromatic carbocycles. The molecule has 22 heteroatoms. The topological polar surface area (TPSA) is 192 Å². The monoisotopic (exact) mass is 794 g/mol. The van der Waals surface area contributed by atoms with E-state index in [0.29, 0.717) is 36.5 Å². The number of benzene rings is 2. The first kappa shape index (κ1) is 40.2. The van der Waals surface area contributed by atoms with Gasteiger partial charge in [0.1, 0.15) is 34.7 Å². The number of piperidine rings is 2. The van der Waals surface area contributed by atoms with Gasteiger partial charge < -0.3 is 33.6 Å². The van der Waals surface area contributed by atoms with Crippen LogP contribution in [0, 0.1) is 11.6 Å². The van der Waals surface area contributed by atoms with Crippen molar-refractivity contribution in [2.45, 2.75) is 68.7 Å². The Morgan fingerprint density at radius 1 is 0.782 bits per heavy atom. The molecule has 298 valence electrons. The first-order valence-electron chi connectivity index (χ1n) is 16.1. The second-order valence-electron chi connectivity index (χ2n) is 12.8. The van der Waals surface area contributed by atoms with Gasteiger partial charge in [0, 0.05) is 60.3 Å². The zero-order valence-corrected chi connectivity index (χ0v) is 28.2. The van der Waals surface area contributed by atoms with Crippen LogP contribution in [0.15, 0.2) is 67.2 Å². The van der Waals surface area contributed by atoms with E-state index in [-0.39, 0.29) is 48.9 Å². The van der Waals surface area contributed by atoms with Crippen molar-refractivity contribution in [3.05, 3.63) is 104 Å². The van der Waals surface area contributed by atoms with Crippen LogP contribution in [0.1, 0.15) is 73.1 Å². The van der Waals surface area contributed by atoms with Crippen molar-refractivity contribution in [2.24, 2.45) is 0 Å². The molecule has 2 fully saturated rings. The summed E-state index contributed by atoms with van der Waals surface area (Å²) in [7, 11) is 0. The number of aromatic amines is 2. The summed E-state index contributed by atoms with van der Waals surface area (Å²) in [5.41, 5.74) is -2.51. The van der Waals surface area contributed by atoms with Gasteiger partial charge in [-0.25, -0.2) is 18.4 Å². The van der Waals surface area contributed by atoms with E-state index in [0.717, 1.165) is 34.1 Å². The number of halogens is 8. The van der Waals surface area contributed by atoms with Crippen molar-refractivity contribution in [3.63, 3.8) is 0 Å². The van der Waals surface area contributed by atoms with Crippen LogP contribution >= 0.6 is 0 Å². The van der Waals surface area contributed by atoms with E-state index >= 15 is 0 Å². The molecule has 2 amide bonds. The Bertz CT molecular complexity index is 2130. The van der Waals surface area contributed by atoms with Gasteiger partial charge >= 0.3 is 24.9 Å². The zero-order chi connectivity index (χ0) is 40.5. The molecule has 2 unspecified atom stereocenters. The summed E-state index contributed by atoms with van der Waals surface area (Å²) in [5.74, 6) is -3.67. The largest absolute Gasteiger partial charge is 0.573 e. The highest BCUT2D eigenvalue weighted by Crippen LogP contribution is 2.45. The number of alkyl halides is 6. The Hall–Kier alpha value is -5.96. The van der Waals surface area contributed by atoms with Crippen molar-refractivity contribution < 1.29 is 73.4 Å². The normalized spacial score (nSPS) is 21.7. The van der Waals surface area contributed by atoms with Crippen LogP contribution < -0.4 is 20.6 Å². The molecule has 0 saturated carbocycles. The number of likely N-dealkylation sites (tertiary alicyclic amines) is 2. The van der Waals surface area contributed by atoms with Gasteiger partial charge in [-0.05, 0) is 44.7 Å². The minimum absolute atomic E-state index is 0.0195. The molecule has 4 atom stereocenters. The van der Waals surface area contributed by atoms with Crippen LogP contribution in [0.4, 0.5) is 44.7 Å². The second-order valence-corrected chi connectivity index (χ2v) is 12.8. The number of amides is 2. The molecule has 2 aliphatic heterocycles. The SMILES string of the molecule is C[C@@]1(c2ccc(OC(F)(F)F)cc2F)C[C@H](c2cc(=O)[nH]o2)CCN1C(=O)O.O=C(O)N1CCC(c2cc(=O)[nH]o2)CC1c1ccc(OC(F)(F)F)cc1F. The first-order valence-corrected chi connectivity index (χ1v) is 16.1. The predicted molar refractivity (Wildman–Crippen MR) is 168 cm³/mol. The van der Waals surface area contributed by atoms with Crippen molar-refractivity contribution in [1.82, 2.24) is 20.1 Å². The Morgan fingerprint density at radius 2 is 1.31 bits per heavy atom. The number of hydrogen-bond acceptors (Lipinski definition) is 8. The van der Waals surface area contributed by atoms with Crippen LogP contribution in [0.5, 0.6) is 11.5 Å². The molecule has 0 radical (unpaired) electrons. The maximum Gasteiger partial charge on any atom is 0.573 e. The van der Waals surface area contributed by atoms with Gasteiger partial charge in [0.15, 0.2) is 0 Å². The molecule has 2 aliphatic rings. The van der Waals surface area contributed by atoms with Crippen LogP contribution in [0.25, 0.3) is 0 Å². The summed E-state index contributed by atoms with van der Waals surface area (Å²) in [6.07, 6.45) is -11.7. The smallest absolute Gasteiger partial charge is 0.465 e. The summed E-state index contributed by atoms with van der Waals surface area (Å²) in [5, 5.41) is 23.2. The van der Waals surface area contributed by atoms with Crippen molar-refractivity contribution in [3.8, 4) is 11.5 Å².